The Kier molecular flexibility index (Phi) is 6.13. The molecule has 3 atom stereocenters. The molecule has 1 aliphatic carbocycles. The van der Waals surface area contributed by atoms with E-state index in [4.69, 9.17) is 0 Å². The maximum Gasteiger partial charge on any atom is 0.263 e. The van der Waals surface area contributed by atoms with E-state index < -0.39 is 0 Å². The number of amides is 1. The quantitative estimate of drug-likeness (QED) is 0.453. The van der Waals surface area contributed by atoms with Crippen LogP contribution in [0.15, 0.2) is 32.8 Å². The minimum Gasteiger partial charge on any atom is -0.352 e. The molecule has 1 aliphatic rings. The van der Waals surface area contributed by atoms with Crippen molar-refractivity contribution in [1.82, 2.24) is 14.9 Å². The van der Waals surface area contributed by atoms with Crippen molar-refractivity contribution in [1.29, 1.82) is 0 Å². The van der Waals surface area contributed by atoms with Gasteiger partial charge in [0.15, 0.2) is 5.16 Å². The molecule has 1 fully saturated rings. The molecule has 8 heteroatoms. The number of rotatable bonds is 5. The number of carbonyl (C=O) groups excluding carboxylic acids is 1. The van der Waals surface area contributed by atoms with Crippen LogP contribution in [0.2, 0.25) is 0 Å². The first kappa shape index (κ1) is 20.6. The van der Waals surface area contributed by atoms with E-state index >= 15 is 0 Å². The van der Waals surface area contributed by atoms with Crippen molar-refractivity contribution < 1.29 is 4.79 Å². The molecule has 1 saturated carbocycles. The molecule has 154 valence electrons. The number of nitrogens with one attached hydrogen (secondary N) is 1. The van der Waals surface area contributed by atoms with Crippen LogP contribution in [-0.2, 0) is 11.8 Å². The Morgan fingerprint density at radius 2 is 2.17 bits per heavy atom. The van der Waals surface area contributed by atoms with Crippen molar-refractivity contribution in [3.63, 3.8) is 0 Å². The largest absolute Gasteiger partial charge is 0.352 e. The fourth-order valence-corrected chi connectivity index (χ4v) is 6.55. The Bertz CT molecular complexity index is 1070. The van der Waals surface area contributed by atoms with Gasteiger partial charge in [-0.1, -0.05) is 44.5 Å². The second-order valence-electron chi connectivity index (χ2n) is 7.80. The number of nitrogens with zero attached hydrogens (tertiary/aromatic N) is 2. The fourth-order valence-electron chi connectivity index (χ4n) is 3.96. The molecule has 3 unspecified atom stereocenters. The van der Waals surface area contributed by atoms with Gasteiger partial charge in [-0.05, 0) is 29.7 Å². The van der Waals surface area contributed by atoms with Gasteiger partial charge >= 0.3 is 0 Å². The fraction of sp³-hybridized carbons (Fsp3) is 0.476. The summed E-state index contributed by atoms with van der Waals surface area (Å²) in [4.78, 5) is 32.0. The molecule has 1 amide bonds. The lowest BCUT2D eigenvalue weighted by molar-refractivity contribution is -0.120. The number of fused-ring (bicyclic) bond motifs is 1. The Hall–Kier alpha value is -1.64. The highest BCUT2D eigenvalue weighted by Crippen LogP contribution is 2.34. The summed E-state index contributed by atoms with van der Waals surface area (Å²) in [5.74, 6) is 1.43. The van der Waals surface area contributed by atoms with E-state index in [0.717, 1.165) is 21.7 Å². The zero-order valence-electron chi connectivity index (χ0n) is 16.8. The molecule has 29 heavy (non-hydrogen) atoms. The molecule has 0 saturated heterocycles. The first-order chi connectivity index (χ1) is 14.0. The van der Waals surface area contributed by atoms with E-state index in [1.807, 2.05) is 22.9 Å². The number of carbonyl (C=O) groups is 1. The zero-order valence-corrected chi connectivity index (χ0v) is 19.3. The number of thioether (sulfide) groups is 1. The number of aromatic nitrogens is 2. The van der Waals surface area contributed by atoms with Gasteiger partial charge in [0.25, 0.3) is 5.56 Å². The van der Waals surface area contributed by atoms with Gasteiger partial charge in [0.1, 0.15) is 4.83 Å². The van der Waals surface area contributed by atoms with Crippen LogP contribution in [0.25, 0.3) is 20.7 Å². The first-order valence-corrected chi connectivity index (χ1v) is 12.6. The van der Waals surface area contributed by atoms with Crippen LogP contribution in [0.3, 0.4) is 0 Å². The Labute approximate surface area is 182 Å². The van der Waals surface area contributed by atoms with Crippen LogP contribution in [0.4, 0.5) is 0 Å². The second-order valence-corrected chi connectivity index (χ2v) is 10.5. The molecule has 0 radical (unpaired) electrons. The third-order valence-corrected chi connectivity index (χ3v) is 8.75. The molecule has 1 N–H and O–H groups in total. The third-order valence-electron chi connectivity index (χ3n) is 5.95. The first-order valence-electron chi connectivity index (χ1n) is 9.90. The summed E-state index contributed by atoms with van der Waals surface area (Å²) in [5.41, 5.74) is 0.889. The molecule has 0 bridgehead atoms. The standard InChI is InChI=1S/C21H25N3O2S3/c1-12-6-4-7-15(13(12)2)22-17(25)11-29-21-23-19-18(20(26)24(21)3)14(10-28-19)16-8-5-9-27-16/h5,8-10,12-13,15H,4,6-7,11H2,1-3H3,(H,22,25). The van der Waals surface area contributed by atoms with Crippen LogP contribution in [-0.4, -0.2) is 27.3 Å². The average molecular weight is 448 g/mol. The Morgan fingerprint density at radius 1 is 1.34 bits per heavy atom. The molecule has 0 aliphatic heterocycles. The van der Waals surface area contributed by atoms with Gasteiger partial charge < -0.3 is 5.32 Å². The summed E-state index contributed by atoms with van der Waals surface area (Å²) >= 11 is 4.43. The van der Waals surface area contributed by atoms with E-state index in [9.17, 15) is 9.59 Å². The minimum atomic E-state index is -0.0581. The monoisotopic (exact) mass is 447 g/mol. The number of hydrogen-bond donors (Lipinski definition) is 1. The average Bonchev–Trinajstić information content (AvgIpc) is 3.36. The highest BCUT2D eigenvalue weighted by molar-refractivity contribution is 7.99. The SMILES string of the molecule is CC1CCCC(NC(=O)CSc2nc3scc(-c4cccs4)c3c(=O)n2C)C1C. The lowest BCUT2D eigenvalue weighted by Crippen LogP contribution is -2.44. The van der Waals surface area contributed by atoms with Crippen LogP contribution in [0.5, 0.6) is 0 Å². The maximum atomic E-state index is 13.0. The van der Waals surface area contributed by atoms with E-state index in [1.54, 1.807) is 23.0 Å². The summed E-state index contributed by atoms with van der Waals surface area (Å²) in [6.07, 6.45) is 3.45. The lowest BCUT2D eigenvalue weighted by Gasteiger charge is -2.34. The van der Waals surface area contributed by atoms with Crippen LogP contribution in [0.1, 0.15) is 33.1 Å². The van der Waals surface area contributed by atoms with Gasteiger partial charge in [-0.15, -0.1) is 22.7 Å². The predicted molar refractivity (Wildman–Crippen MR) is 123 cm³/mol. The lowest BCUT2D eigenvalue weighted by atomic mass is 9.78. The van der Waals surface area contributed by atoms with E-state index in [1.165, 1.54) is 35.9 Å². The van der Waals surface area contributed by atoms with Crippen LogP contribution < -0.4 is 10.9 Å². The smallest absolute Gasteiger partial charge is 0.263 e. The molecule has 5 nitrogen and oxygen atoms in total. The van der Waals surface area contributed by atoms with Gasteiger partial charge in [0.05, 0.1) is 11.1 Å². The second kappa shape index (κ2) is 8.62. The third kappa shape index (κ3) is 4.15. The molecular formula is C21H25N3O2S3. The van der Waals surface area contributed by atoms with Crippen molar-refractivity contribution >= 4 is 50.6 Å². The summed E-state index contributed by atoms with van der Waals surface area (Å²) < 4.78 is 1.56. The van der Waals surface area contributed by atoms with E-state index in [-0.39, 0.29) is 23.3 Å². The van der Waals surface area contributed by atoms with E-state index in [0.29, 0.717) is 22.4 Å². The predicted octanol–water partition coefficient (Wildman–Crippen LogP) is 4.76. The van der Waals surface area contributed by atoms with Gasteiger partial charge in [0.2, 0.25) is 5.91 Å². The topological polar surface area (TPSA) is 64.0 Å². The molecular weight excluding hydrogens is 422 g/mol. The van der Waals surface area contributed by atoms with Crippen molar-refractivity contribution in [2.75, 3.05) is 5.75 Å². The molecule has 0 aromatic carbocycles. The van der Waals surface area contributed by atoms with Crippen LogP contribution >= 0.6 is 34.4 Å². The van der Waals surface area contributed by atoms with Crippen molar-refractivity contribution in [2.45, 2.75) is 44.3 Å². The summed E-state index contributed by atoms with van der Waals surface area (Å²) in [7, 11) is 1.73. The van der Waals surface area contributed by atoms with Gasteiger partial charge in [0, 0.05) is 28.9 Å². The molecule has 4 rings (SSSR count). The maximum absolute atomic E-state index is 13.0. The summed E-state index contributed by atoms with van der Waals surface area (Å²) in [6.45, 7) is 4.49. The Morgan fingerprint density at radius 3 is 2.93 bits per heavy atom. The summed E-state index contributed by atoms with van der Waals surface area (Å²) in [6, 6.07) is 4.25. The summed E-state index contributed by atoms with van der Waals surface area (Å²) in [5, 5.41) is 8.45. The van der Waals surface area contributed by atoms with Crippen LogP contribution in [0, 0.1) is 11.8 Å². The number of thiophene rings is 2. The highest BCUT2D eigenvalue weighted by Gasteiger charge is 2.28. The van der Waals surface area contributed by atoms with E-state index in [2.05, 4.69) is 24.1 Å². The Balaban J connectivity index is 1.49. The van der Waals surface area contributed by atoms with Gasteiger partial charge in [-0.2, -0.15) is 0 Å². The molecule has 3 aromatic rings. The normalized spacial score (nSPS) is 22.1. The van der Waals surface area contributed by atoms with Gasteiger partial charge in [-0.25, -0.2) is 4.98 Å². The highest BCUT2D eigenvalue weighted by atomic mass is 32.2. The molecule has 3 heterocycles. The molecule has 0 spiro atoms. The molecule has 3 aromatic heterocycles. The van der Waals surface area contributed by atoms with Crippen molar-refractivity contribution in [3.8, 4) is 10.4 Å². The minimum absolute atomic E-state index is 0.0146. The van der Waals surface area contributed by atoms with Gasteiger partial charge in [-0.3, -0.25) is 14.2 Å². The zero-order chi connectivity index (χ0) is 20.5. The number of hydrogen-bond acceptors (Lipinski definition) is 6. The van der Waals surface area contributed by atoms with Crippen molar-refractivity contribution in [3.05, 3.63) is 33.2 Å². The van der Waals surface area contributed by atoms with Crippen molar-refractivity contribution in [2.24, 2.45) is 18.9 Å².